The third-order valence-electron chi connectivity index (χ3n) is 4.97. The molecule has 12 heteroatoms. The van der Waals surface area contributed by atoms with Crippen LogP contribution < -0.4 is 19.9 Å². The molecular weight excluding hydrogens is 446 g/mol. The molecule has 3 aromatic rings. The van der Waals surface area contributed by atoms with Crippen molar-refractivity contribution in [3.05, 3.63) is 59.3 Å². The van der Waals surface area contributed by atoms with Gasteiger partial charge < -0.3 is 19.0 Å². The number of nitrogens with one attached hydrogen (secondary N) is 1. The molecule has 0 radical (unpaired) electrons. The number of hydrogen-bond donors (Lipinski definition) is 1. The largest absolute Gasteiger partial charge is 0.469 e. The molecule has 2 saturated heterocycles. The second-order valence-electron chi connectivity index (χ2n) is 7.17. The summed E-state index contributed by atoms with van der Waals surface area (Å²) in [6.07, 6.45) is 6.57. The maximum Gasteiger partial charge on any atom is 0.290 e. The number of amides is 2. The van der Waals surface area contributed by atoms with Crippen molar-refractivity contribution in [2.75, 3.05) is 36.0 Å². The van der Waals surface area contributed by atoms with E-state index in [0.717, 1.165) is 11.8 Å². The number of rotatable bonds is 6. The van der Waals surface area contributed by atoms with Crippen molar-refractivity contribution >= 4 is 40.9 Å². The number of thioether (sulfide) groups is 1. The van der Waals surface area contributed by atoms with Crippen molar-refractivity contribution in [1.29, 1.82) is 0 Å². The quantitative estimate of drug-likeness (QED) is 0.538. The van der Waals surface area contributed by atoms with Crippen LogP contribution in [-0.4, -0.2) is 57.3 Å². The fourth-order valence-electron chi connectivity index (χ4n) is 3.38. The Morgan fingerprint density at radius 2 is 1.82 bits per heavy atom. The zero-order chi connectivity index (χ0) is 22.6. The van der Waals surface area contributed by atoms with Gasteiger partial charge in [-0.25, -0.2) is 15.0 Å². The lowest BCUT2D eigenvalue weighted by Gasteiger charge is -2.34. The smallest absolute Gasteiger partial charge is 0.290 e. The summed E-state index contributed by atoms with van der Waals surface area (Å²) in [5.74, 6) is 1.71. The van der Waals surface area contributed by atoms with Gasteiger partial charge in [-0.15, -0.1) is 0 Å². The van der Waals surface area contributed by atoms with Crippen molar-refractivity contribution in [2.24, 2.45) is 0 Å². The molecule has 33 heavy (non-hydrogen) atoms. The fraction of sp³-hybridized carbons (Fsp3) is 0.238. The van der Waals surface area contributed by atoms with Crippen LogP contribution in [0.2, 0.25) is 0 Å². The molecule has 1 N–H and O–H groups in total. The van der Waals surface area contributed by atoms with Gasteiger partial charge in [0.2, 0.25) is 17.8 Å². The lowest BCUT2D eigenvalue weighted by atomic mass is 10.3. The van der Waals surface area contributed by atoms with Gasteiger partial charge in [-0.05, 0) is 36.0 Å². The van der Waals surface area contributed by atoms with Crippen LogP contribution in [0.25, 0.3) is 6.08 Å². The van der Waals surface area contributed by atoms with Crippen LogP contribution in [-0.2, 0) is 11.4 Å². The van der Waals surface area contributed by atoms with Gasteiger partial charge in [-0.2, -0.15) is 4.98 Å². The second-order valence-corrected chi connectivity index (χ2v) is 8.19. The number of hydrogen-bond acceptors (Lipinski definition) is 11. The number of aromatic nitrogens is 4. The van der Waals surface area contributed by atoms with Crippen LogP contribution in [0.4, 0.5) is 16.7 Å². The molecule has 0 bridgehead atoms. The lowest BCUT2D eigenvalue weighted by molar-refractivity contribution is -0.115. The number of furan rings is 1. The highest BCUT2D eigenvalue weighted by molar-refractivity contribution is 8.18. The van der Waals surface area contributed by atoms with Crippen LogP contribution in [0.5, 0.6) is 5.88 Å². The Morgan fingerprint density at radius 1 is 1.06 bits per heavy atom. The molecule has 0 aliphatic carbocycles. The van der Waals surface area contributed by atoms with Gasteiger partial charge in [0, 0.05) is 44.6 Å². The SMILES string of the molecule is O=C1NC(=O)C(=Cc2cc(OCc3ccco3)nc(N3CCN(c4ncccn4)CC3)n2)S1. The molecule has 0 atom stereocenters. The maximum absolute atomic E-state index is 12.0. The number of nitrogens with zero attached hydrogens (tertiary/aromatic N) is 6. The molecule has 0 spiro atoms. The Kier molecular flexibility index (Phi) is 5.89. The first-order valence-corrected chi connectivity index (χ1v) is 11.0. The molecule has 2 fully saturated rings. The Labute approximate surface area is 192 Å². The molecule has 2 aliphatic heterocycles. The van der Waals surface area contributed by atoms with Gasteiger partial charge in [0.15, 0.2) is 0 Å². The summed E-state index contributed by atoms with van der Waals surface area (Å²) < 4.78 is 11.1. The van der Waals surface area contributed by atoms with Gasteiger partial charge in [0.05, 0.1) is 16.9 Å². The highest BCUT2D eigenvalue weighted by atomic mass is 32.2. The highest BCUT2D eigenvalue weighted by Crippen LogP contribution is 2.27. The van der Waals surface area contributed by atoms with E-state index in [1.54, 1.807) is 49.0 Å². The van der Waals surface area contributed by atoms with Gasteiger partial charge in [-0.3, -0.25) is 14.9 Å². The second kappa shape index (κ2) is 9.28. The van der Waals surface area contributed by atoms with Crippen molar-refractivity contribution in [1.82, 2.24) is 25.3 Å². The summed E-state index contributed by atoms with van der Waals surface area (Å²) in [6, 6.07) is 7.00. The molecule has 3 aromatic heterocycles. The van der Waals surface area contributed by atoms with Crippen molar-refractivity contribution in [3.8, 4) is 5.88 Å². The van der Waals surface area contributed by atoms with Gasteiger partial charge in [0.1, 0.15) is 12.4 Å². The molecular formula is C21H19N7O4S. The average Bonchev–Trinajstić information content (AvgIpc) is 3.47. The normalized spacial score (nSPS) is 17.5. The summed E-state index contributed by atoms with van der Waals surface area (Å²) in [6.45, 7) is 2.92. The summed E-state index contributed by atoms with van der Waals surface area (Å²) in [5, 5.41) is 1.84. The predicted octanol–water partition coefficient (Wildman–Crippen LogP) is 2.09. The molecule has 0 aromatic carbocycles. The minimum atomic E-state index is -0.445. The molecule has 0 unspecified atom stereocenters. The van der Waals surface area contributed by atoms with Crippen LogP contribution in [0.15, 0.2) is 52.2 Å². The van der Waals surface area contributed by atoms with E-state index in [9.17, 15) is 9.59 Å². The van der Waals surface area contributed by atoms with Gasteiger partial charge in [-0.1, -0.05) is 0 Å². The molecule has 11 nitrogen and oxygen atoms in total. The van der Waals surface area contributed by atoms with E-state index in [1.165, 1.54) is 0 Å². The van der Waals surface area contributed by atoms with E-state index in [1.807, 2.05) is 4.90 Å². The molecule has 168 valence electrons. The van der Waals surface area contributed by atoms with E-state index >= 15 is 0 Å². The average molecular weight is 465 g/mol. The summed E-state index contributed by atoms with van der Waals surface area (Å²) in [5.41, 5.74) is 0.468. The van der Waals surface area contributed by atoms with E-state index in [0.29, 0.717) is 55.4 Å². The topological polar surface area (TPSA) is 127 Å². The number of piperazine rings is 1. The molecule has 2 aliphatic rings. The highest BCUT2D eigenvalue weighted by Gasteiger charge is 2.26. The molecule has 0 saturated carbocycles. The monoisotopic (exact) mass is 465 g/mol. The zero-order valence-electron chi connectivity index (χ0n) is 17.4. The number of carbonyl (C=O) groups excluding carboxylic acids is 2. The van der Waals surface area contributed by atoms with Crippen LogP contribution >= 0.6 is 11.8 Å². The molecule has 2 amide bonds. The number of carbonyl (C=O) groups is 2. The summed E-state index contributed by atoms with van der Waals surface area (Å²) >= 11 is 0.836. The number of anilines is 2. The maximum atomic E-state index is 12.0. The van der Waals surface area contributed by atoms with E-state index in [4.69, 9.17) is 9.15 Å². The summed E-state index contributed by atoms with van der Waals surface area (Å²) in [4.78, 5) is 45.7. The Hall–Kier alpha value is -3.93. The van der Waals surface area contributed by atoms with Crippen LogP contribution in [0, 0.1) is 0 Å². The number of ether oxygens (including phenoxy) is 1. The third-order valence-corrected chi connectivity index (χ3v) is 5.78. The third kappa shape index (κ3) is 4.95. The van der Waals surface area contributed by atoms with Crippen molar-refractivity contribution in [3.63, 3.8) is 0 Å². The van der Waals surface area contributed by atoms with Gasteiger partial charge >= 0.3 is 0 Å². The van der Waals surface area contributed by atoms with Crippen molar-refractivity contribution < 1.29 is 18.7 Å². The predicted molar refractivity (Wildman–Crippen MR) is 121 cm³/mol. The van der Waals surface area contributed by atoms with E-state index < -0.39 is 11.1 Å². The van der Waals surface area contributed by atoms with E-state index in [2.05, 4.69) is 30.2 Å². The minimum absolute atomic E-state index is 0.201. The lowest BCUT2D eigenvalue weighted by Crippen LogP contribution is -2.47. The first-order chi connectivity index (χ1) is 16.1. The molecule has 5 rings (SSSR count). The van der Waals surface area contributed by atoms with Crippen LogP contribution in [0.3, 0.4) is 0 Å². The standard InChI is InChI=1S/C21H19N7O4S/c29-18-16(33-21(30)26-18)11-14-12-17(32-13-15-3-1-10-31-15)25-20(24-14)28-8-6-27(7-9-28)19-22-4-2-5-23-19/h1-5,10-12H,6-9,13H2,(H,26,29,30). The fourth-order valence-corrected chi connectivity index (χ4v) is 4.04. The number of imide groups is 1. The van der Waals surface area contributed by atoms with E-state index in [-0.39, 0.29) is 11.5 Å². The first kappa shape index (κ1) is 20.9. The Bertz CT molecular complexity index is 1180. The molecule has 5 heterocycles. The van der Waals surface area contributed by atoms with Crippen LogP contribution in [0.1, 0.15) is 11.5 Å². The van der Waals surface area contributed by atoms with Gasteiger partial charge in [0.25, 0.3) is 11.1 Å². The summed E-state index contributed by atoms with van der Waals surface area (Å²) in [7, 11) is 0. The first-order valence-electron chi connectivity index (χ1n) is 10.2. The minimum Gasteiger partial charge on any atom is -0.469 e. The zero-order valence-corrected chi connectivity index (χ0v) is 18.2. The Morgan fingerprint density at radius 3 is 2.48 bits per heavy atom. The van der Waals surface area contributed by atoms with Crippen molar-refractivity contribution in [2.45, 2.75) is 6.61 Å². The Balaban J connectivity index is 1.37.